The van der Waals surface area contributed by atoms with Crippen molar-refractivity contribution in [3.05, 3.63) is 95.9 Å². The standard InChI is InChI=1S/C28H23ClN3O2/c1-33-24-12-7-18(15-25(24)34-2)16-32-17-31-14-13-22-21-5-3-4-6-23(21)30-26(22)28(31)27(32)19-8-10-20(29)11-9-19/h3-15,17,30H,16H2,1-2H3/q+1. The Balaban J connectivity index is 1.61. The first-order valence-electron chi connectivity index (χ1n) is 11.1. The summed E-state index contributed by atoms with van der Waals surface area (Å²) >= 11 is 6.23. The molecule has 0 spiro atoms. The van der Waals surface area contributed by atoms with E-state index in [0.717, 1.165) is 49.9 Å². The van der Waals surface area contributed by atoms with Crippen LogP contribution in [0.25, 0.3) is 38.6 Å². The van der Waals surface area contributed by atoms with Gasteiger partial charge in [0.1, 0.15) is 6.54 Å². The van der Waals surface area contributed by atoms with E-state index >= 15 is 0 Å². The fourth-order valence-electron chi connectivity index (χ4n) is 4.77. The van der Waals surface area contributed by atoms with Gasteiger partial charge in [-0.15, -0.1) is 0 Å². The van der Waals surface area contributed by atoms with Crippen molar-refractivity contribution < 1.29 is 14.0 Å². The molecule has 0 unspecified atom stereocenters. The molecule has 3 aromatic carbocycles. The number of hydrogen-bond donors (Lipinski definition) is 1. The van der Waals surface area contributed by atoms with E-state index in [0.29, 0.717) is 6.54 Å². The van der Waals surface area contributed by atoms with Crippen molar-refractivity contribution in [3.63, 3.8) is 0 Å². The number of para-hydroxylation sites is 1. The third-order valence-corrected chi connectivity index (χ3v) is 6.59. The van der Waals surface area contributed by atoms with Crippen LogP contribution >= 0.6 is 11.6 Å². The van der Waals surface area contributed by atoms with Crippen molar-refractivity contribution in [2.45, 2.75) is 6.54 Å². The first-order chi connectivity index (χ1) is 16.7. The Morgan fingerprint density at radius 3 is 2.47 bits per heavy atom. The van der Waals surface area contributed by atoms with Gasteiger partial charge in [0.2, 0.25) is 11.8 Å². The van der Waals surface area contributed by atoms with E-state index in [1.54, 1.807) is 14.2 Å². The predicted molar refractivity (Wildman–Crippen MR) is 136 cm³/mol. The Morgan fingerprint density at radius 1 is 0.882 bits per heavy atom. The largest absolute Gasteiger partial charge is 0.493 e. The lowest BCUT2D eigenvalue weighted by molar-refractivity contribution is -0.676. The Morgan fingerprint density at radius 2 is 1.68 bits per heavy atom. The number of benzene rings is 3. The van der Waals surface area contributed by atoms with Crippen LogP contribution in [0.15, 0.2) is 85.3 Å². The van der Waals surface area contributed by atoms with E-state index in [-0.39, 0.29) is 0 Å². The summed E-state index contributed by atoms with van der Waals surface area (Å²) in [7, 11) is 3.31. The van der Waals surface area contributed by atoms with Gasteiger partial charge in [0.15, 0.2) is 17.2 Å². The average molecular weight is 469 g/mol. The normalized spacial score (nSPS) is 11.5. The van der Waals surface area contributed by atoms with E-state index in [1.807, 2.05) is 24.3 Å². The maximum absolute atomic E-state index is 6.23. The number of halogens is 1. The third kappa shape index (κ3) is 3.28. The van der Waals surface area contributed by atoms with Crippen LogP contribution in [0.5, 0.6) is 11.5 Å². The summed E-state index contributed by atoms with van der Waals surface area (Å²) in [6.07, 6.45) is 4.27. The summed E-state index contributed by atoms with van der Waals surface area (Å²) in [6.45, 7) is 0.668. The van der Waals surface area contributed by atoms with Gasteiger partial charge < -0.3 is 14.5 Å². The lowest BCUT2D eigenvalue weighted by atomic mass is 10.1. The molecule has 3 heterocycles. The van der Waals surface area contributed by atoms with Gasteiger partial charge in [-0.3, -0.25) is 0 Å². The summed E-state index contributed by atoms with van der Waals surface area (Å²) in [5.74, 6) is 1.44. The molecule has 0 saturated heterocycles. The van der Waals surface area contributed by atoms with Crippen LogP contribution in [0.4, 0.5) is 0 Å². The minimum Gasteiger partial charge on any atom is -0.493 e. The van der Waals surface area contributed by atoms with E-state index < -0.39 is 0 Å². The zero-order valence-electron chi connectivity index (χ0n) is 18.9. The molecule has 5 nitrogen and oxygen atoms in total. The number of rotatable bonds is 5. The summed E-state index contributed by atoms with van der Waals surface area (Å²) in [5.41, 5.74) is 6.68. The van der Waals surface area contributed by atoms with Gasteiger partial charge in [0.25, 0.3) is 0 Å². The van der Waals surface area contributed by atoms with Gasteiger partial charge in [-0.05, 0) is 54.1 Å². The number of fused-ring (bicyclic) bond motifs is 5. The van der Waals surface area contributed by atoms with Crippen LogP contribution in [0, 0.1) is 0 Å². The molecule has 0 bridgehead atoms. The van der Waals surface area contributed by atoms with Crippen molar-refractivity contribution in [2.75, 3.05) is 14.2 Å². The number of hydrogen-bond acceptors (Lipinski definition) is 2. The quantitative estimate of drug-likeness (QED) is 0.304. The first kappa shape index (κ1) is 20.6. The van der Waals surface area contributed by atoms with Crippen LogP contribution in [0.2, 0.25) is 5.02 Å². The first-order valence-corrected chi connectivity index (χ1v) is 11.4. The minimum absolute atomic E-state index is 0.668. The Kier molecular flexibility index (Phi) is 4.93. The molecule has 6 heteroatoms. The summed E-state index contributed by atoms with van der Waals surface area (Å²) in [4.78, 5) is 3.66. The Hall–Kier alpha value is -3.96. The SMILES string of the molecule is COc1ccc(C[n+]2cn3ccc4c5ccccc5[nH]c4c3c2-c2ccc(Cl)cc2)cc1OC. The number of pyridine rings is 1. The molecule has 6 rings (SSSR count). The van der Waals surface area contributed by atoms with Crippen molar-refractivity contribution in [1.29, 1.82) is 0 Å². The lowest BCUT2D eigenvalue weighted by Crippen LogP contribution is -2.34. The van der Waals surface area contributed by atoms with Crippen LogP contribution in [-0.4, -0.2) is 23.6 Å². The number of imidazole rings is 1. The molecule has 3 aromatic heterocycles. The zero-order chi connectivity index (χ0) is 23.2. The smallest absolute Gasteiger partial charge is 0.249 e. The fourth-order valence-corrected chi connectivity index (χ4v) is 4.89. The number of ether oxygens (including phenoxy) is 2. The average Bonchev–Trinajstić information content (AvgIpc) is 3.42. The van der Waals surface area contributed by atoms with Gasteiger partial charge in [-0.2, -0.15) is 4.40 Å². The monoisotopic (exact) mass is 468 g/mol. The number of nitrogens with zero attached hydrogens (tertiary/aromatic N) is 2. The molecule has 0 saturated carbocycles. The maximum atomic E-state index is 6.23. The van der Waals surface area contributed by atoms with Crippen molar-refractivity contribution in [1.82, 2.24) is 9.38 Å². The van der Waals surface area contributed by atoms with Crippen LogP contribution in [-0.2, 0) is 6.54 Å². The highest BCUT2D eigenvalue weighted by Gasteiger charge is 2.24. The second-order valence-corrected chi connectivity index (χ2v) is 8.76. The second-order valence-electron chi connectivity index (χ2n) is 8.32. The van der Waals surface area contributed by atoms with E-state index in [9.17, 15) is 0 Å². The zero-order valence-corrected chi connectivity index (χ0v) is 19.6. The van der Waals surface area contributed by atoms with E-state index in [1.165, 1.54) is 10.8 Å². The van der Waals surface area contributed by atoms with Gasteiger partial charge in [-0.1, -0.05) is 35.9 Å². The molecular formula is C28H23ClN3O2+. The van der Waals surface area contributed by atoms with E-state index in [2.05, 4.69) is 75.0 Å². The molecule has 1 N–H and O–H groups in total. The fraction of sp³-hybridized carbons (Fsp3) is 0.107. The topological polar surface area (TPSA) is 42.5 Å². The molecule has 0 atom stereocenters. The molecule has 34 heavy (non-hydrogen) atoms. The molecular weight excluding hydrogens is 446 g/mol. The molecule has 6 aromatic rings. The van der Waals surface area contributed by atoms with Crippen molar-refractivity contribution in [3.8, 4) is 22.8 Å². The maximum Gasteiger partial charge on any atom is 0.249 e. The van der Waals surface area contributed by atoms with Crippen LogP contribution in [0.1, 0.15) is 5.56 Å². The molecule has 0 aliphatic heterocycles. The number of aromatic nitrogens is 3. The van der Waals surface area contributed by atoms with Gasteiger partial charge >= 0.3 is 0 Å². The predicted octanol–water partition coefficient (Wildman–Crippen LogP) is 6.25. The molecule has 0 amide bonds. The highest BCUT2D eigenvalue weighted by atomic mass is 35.5. The molecule has 0 fully saturated rings. The lowest BCUT2D eigenvalue weighted by Gasteiger charge is -2.09. The number of nitrogens with one attached hydrogen (secondary N) is 1. The summed E-state index contributed by atoms with van der Waals surface area (Å²) in [6, 6.07) is 24.7. The van der Waals surface area contributed by atoms with Crippen molar-refractivity contribution in [2.24, 2.45) is 0 Å². The number of methoxy groups -OCH3 is 2. The minimum atomic E-state index is 0.668. The number of H-pyrrole nitrogens is 1. The van der Waals surface area contributed by atoms with Gasteiger partial charge in [0.05, 0.1) is 25.9 Å². The summed E-state index contributed by atoms with van der Waals surface area (Å²) < 4.78 is 15.4. The Bertz CT molecular complexity index is 1670. The molecule has 0 aliphatic carbocycles. The van der Waals surface area contributed by atoms with Crippen LogP contribution in [0.3, 0.4) is 0 Å². The highest BCUT2D eigenvalue weighted by Crippen LogP contribution is 2.33. The van der Waals surface area contributed by atoms with Crippen molar-refractivity contribution >= 4 is 38.9 Å². The molecule has 168 valence electrons. The molecule has 0 aliphatic rings. The highest BCUT2D eigenvalue weighted by molar-refractivity contribution is 6.30. The summed E-state index contributed by atoms with van der Waals surface area (Å²) in [5, 5.41) is 3.14. The second kappa shape index (κ2) is 8.12. The van der Waals surface area contributed by atoms with Crippen LogP contribution < -0.4 is 14.0 Å². The molecule has 0 radical (unpaired) electrons. The third-order valence-electron chi connectivity index (χ3n) is 6.34. The van der Waals surface area contributed by atoms with E-state index in [4.69, 9.17) is 21.1 Å². The van der Waals surface area contributed by atoms with Gasteiger partial charge in [-0.25, -0.2) is 4.57 Å². The number of aromatic amines is 1. The Labute approximate surface area is 201 Å². The van der Waals surface area contributed by atoms with Gasteiger partial charge in [0, 0.05) is 26.9 Å².